The molecule has 1 aromatic heterocycles. The Morgan fingerprint density at radius 3 is 2.71 bits per heavy atom. The number of amides is 1. The number of nitrogens with zero attached hydrogens (tertiary/aromatic N) is 4. The van der Waals surface area contributed by atoms with E-state index in [-0.39, 0.29) is 12.5 Å². The summed E-state index contributed by atoms with van der Waals surface area (Å²) in [5.41, 5.74) is 5.29. The highest BCUT2D eigenvalue weighted by Gasteiger charge is 2.16. The first kappa shape index (κ1) is 13.7. The number of hydrogen-bond acceptors (Lipinski definition) is 4. The van der Waals surface area contributed by atoms with Crippen LogP contribution in [0.2, 0.25) is 0 Å². The normalized spacial score (nSPS) is 20.8. The Bertz CT molecular complexity index is 643. The minimum Gasteiger partial charge on any atom is -0.271 e. The third-order valence-electron chi connectivity index (χ3n) is 3.83. The fourth-order valence-electron chi connectivity index (χ4n) is 2.61. The molecule has 1 atom stereocenters. The van der Waals surface area contributed by atoms with E-state index in [1.54, 1.807) is 0 Å². The Balaban J connectivity index is 1.62. The van der Waals surface area contributed by atoms with Gasteiger partial charge in [-0.3, -0.25) is 4.79 Å². The Morgan fingerprint density at radius 1 is 1.33 bits per heavy atom. The van der Waals surface area contributed by atoms with Crippen LogP contribution in [0, 0.1) is 5.92 Å². The molecule has 1 aliphatic rings. The number of carbonyl (C=O) groups excluding carboxylic acids is 1. The number of hydrogen-bond donors (Lipinski definition) is 1. The quantitative estimate of drug-likeness (QED) is 0.878. The molecule has 1 amide bonds. The van der Waals surface area contributed by atoms with E-state index in [0.717, 1.165) is 36.0 Å². The first-order valence-electron chi connectivity index (χ1n) is 7.37. The van der Waals surface area contributed by atoms with Gasteiger partial charge in [0.25, 0.3) is 5.91 Å². The van der Waals surface area contributed by atoms with Crippen molar-refractivity contribution in [3.05, 3.63) is 24.3 Å². The van der Waals surface area contributed by atoms with E-state index in [4.69, 9.17) is 0 Å². The van der Waals surface area contributed by atoms with Gasteiger partial charge in [0, 0.05) is 5.71 Å². The van der Waals surface area contributed by atoms with Crippen LogP contribution >= 0.6 is 0 Å². The molecule has 110 valence electrons. The molecule has 1 aliphatic carbocycles. The van der Waals surface area contributed by atoms with Crippen molar-refractivity contribution in [2.24, 2.45) is 11.0 Å². The standard InChI is InChI=1S/C15H19N5O/c1-11-6-2-3-7-12(11)16-17-15(21)10-20-18-13-8-4-5-9-14(13)19-20/h4-5,8-9,11H,2-3,6-7,10H2,1H3,(H,17,21)/t11-/m1/s1. The van der Waals surface area contributed by atoms with Gasteiger partial charge in [0.05, 0.1) is 0 Å². The van der Waals surface area contributed by atoms with Crippen molar-refractivity contribution in [3.8, 4) is 0 Å². The molecule has 6 nitrogen and oxygen atoms in total. The zero-order valence-electron chi connectivity index (χ0n) is 12.1. The second-order valence-electron chi connectivity index (χ2n) is 5.50. The van der Waals surface area contributed by atoms with Crippen molar-refractivity contribution in [1.29, 1.82) is 0 Å². The topological polar surface area (TPSA) is 72.2 Å². The van der Waals surface area contributed by atoms with Crippen LogP contribution in [0.4, 0.5) is 0 Å². The summed E-state index contributed by atoms with van der Waals surface area (Å²) in [5.74, 6) is 0.269. The average Bonchev–Trinajstić information content (AvgIpc) is 2.88. The van der Waals surface area contributed by atoms with Crippen LogP contribution in [0.15, 0.2) is 29.4 Å². The third-order valence-corrected chi connectivity index (χ3v) is 3.83. The van der Waals surface area contributed by atoms with Crippen molar-refractivity contribution >= 4 is 22.7 Å². The maximum atomic E-state index is 11.9. The second kappa shape index (κ2) is 6.03. The summed E-state index contributed by atoms with van der Waals surface area (Å²) in [5, 5.41) is 12.8. The summed E-state index contributed by atoms with van der Waals surface area (Å²) in [7, 11) is 0. The van der Waals surface area contributed by atoms with Gasteiger partial charge in [-0.25, -0.2) is 5.43 Å². The molecule has 2 aromatic rings. The molecule has 3 rings (SSSR count). The number of nitrogens with one attached hydrogen (secondary N) is 1. The molecule has 1 N–H and O–H groups in total. The molecule has 0 bridgehead atoms. The minimum absolute atomic E-state index is 0.0832. The fourth-order valence-corrected chi connectivity index (χ4v) is 2.61. The number of carbonyl (C=O) groups is 1. The van der Waals surface area contributed by atoms with Gasteiger partial charge in [-0.05, 0) is 37.3 Å². The van der Waals surface area contributed by atoms with E-state index in [1.807, 2.05) is 24.3 Å². The fraction of sp³-hybridized carbons (Fsp3) is 0.467. The van der Waals surface area contributed by atoms with Crippen LogP contribution < -0.4 is 5.43 Å². The Kier molecular flexibility index (Phi) is 3.94. The van der Waals surface area contributed by atoms with Gasteiger partial charge in [0.1, 0.15) is 17.6 Å². The predicted molar refractivity (Wildman–Crippen MR) is 80.7 cm³/mol. The van der Waals surface area contributed by atoms with Crippen molar-refractivity contribution < 1.29 is 4.79 Å². The molecule has 1 fully saturated rings. The van der Waals surface area contributed by atoms with Gasteiger partial charge in [-0.15, -0.1) is 0 Å². The Morgan fingerprint density at radius 2 is 2.05 bits per heavy atom. The van der Waals surface area contributed by atoms with Gasteiger partial charge < -0.3 is 0 Å². The van der Waals surface area contributed by atoms with Crippen molar-refractivity contribution in [2.45, 2.75) is 39.2 Å². The number of rotatable bonds is 3. The predicted octanol–water partition coefficient (Wildman–Crippen LogP) is 2.11. The number of benzene rings is 1. The maximum Gasteiger partial charge on any atom is 0.263 e. The van der Waals surface area contributed by atoms with E-state index in [2.05, 4.69) is 27.6 Å². The molecule has 6 heteroatoms. The largest absolute Gasteiger partial charge is 0.271 e. The first-order valence-corrected chi connectivity index (χ1v) is 7.37. The highest BCUT2D eigenvalue weighted by atomic mass is 16.2. The van der Waals surface area contributed by atoms with E-state index in [1.165, 1.54) is 11.2 Å². The van der Waals surface area contributed by atoms with Gasteiger partial charge in [-0.2, -0.15) is 20.1 Å². The van der Waals surface area contributed by atoms with Crippen LogP contribution in [0.5, 0.6) is 0 Å². The van der Waals surface area contributed by atoms with Gasteiger partial charge in [0.15, 0.2) is 0 Å². The smallest absolute Gasteiger partial charge is 0.263 e. The molecule has 0 unspecified atom stereocenters. The third kappa shape index (κ3) is 3.26. The lowest BCUT2D eigenvalue weighted by Gasteiger charge is -2.19. The van der Waals surface area contributed by atoms with Crippen LogP contribution in [-0.4, -0.2) is 26.6 Å². The van der Waals surface area contributed by atoms with E-state index >= 15 is 0 Å². The zero-order chi connectivity index (χ0) is 14.7. The lowest BCUT2D eigenvalue weighted by Crippen LogP contribution is -2.27. The highest BCUT2D eigenvalue weighted by molar-refractivity contribution is 5.88. The van der Waals surface area contributed by atoms with E-state index in [9.17, 15) is 4.79 Å². The molecule has 1 heterocycles. The maximum absolute atomic E-state index is 11.9. The summed E-state index contributed by atoms with van der Waals surface area (Å²) in [6.07, 6.45) is 4.54. The van der Waals surface area contributed by atoms with E-state index < -0.39 is 0 Å². The van der Waals surface area contributed by atoms with Gasteiger partial charge in [0.2, 0.25) is 0 Å². The van der Waals surface area contributed by atoms with E-state index in [0.29, 0.717) is 5.92 Å². The Hall–Kier alpha value is -2.24. The average molecular weight is 285 g/mol. The zero-order valence-corrected chi connectivity index (χ0v) is 12.1. The van der Waals surface area contributed by atoms with Crippen molar-refractivity contribution in [1.82, 2.24) is 20.4 Å². The second-order valence-corrected chi connectivity index (χ2v) is 5.50. The minimum atomic E-state index is -0.194. The monoisotopic (exact) mass is 285 g/mol. The summed E-state index contributed by atoms with van der Waals surface area (Å²) >= 11 is 0. The molecule has 1 aromatic carbocycles. The molecular formula is C15H19N5O. The van der Waals surface area contributed by atoms with Gasteiger partial charge >= 0.3 is 0 Å². The lowest BCUT2D eigenvalue weighted by molar-refractivity contribution is -0.122. The van der Waals surface area contributed by atoms with Crippen LogP contribution in [0.1, 0.15) is 32.6 Å². The molecule has 0 radical (unpaired) electrons. The van der Waals surface area contributed by atoms with Crippen LogP contribution in [0.3, 0.4) is 0 Å². The van der Waals surface area contributed by atoms with Crippen LogP contribution in [-0.2, 0) is 11.3 Å². The number of aromatic nitrogens is 3. The lowest BCUT2D eigenvalue weighted by atomic mass is 9.89. The summed E-state index contributed by atoms with van der Waals surface area (Å²) < 4.78 is 0. The molecule has 1 saturated carbocycles. The summed E-state index contributed by atoms with van der Waals surface area (Å²) in [6, 6.07) is 7.55. The summed E-state index contributed by atoms with van der Waals surface area (Å²) in [6.45, 7) is 2.24. The number of fused-ring (bicyclic) bond motifs is 1. The molecule has 0 aliphatic heterocycles. The summed E-state index contributed by atoms with van der Waals surface area (Å²) in [4.78, 5) is 13.3. The molecule has 0 saturated heterocycles. The van der Waals surface area contributed by atoms with Crippen molar-refractivity contribution in [3.63, 3.8) is 0 Å². The number of hydrazone groups is 1. The highest BCUT2D eigenvalue weighted by Crippen LogP contribution is 2.20. The first-order chi connectivity index (χ1) is 10.2. The van der Waals surface area contributed by atoms with Crippen molar-refractivity contribution in [2.75, 3.05) is 0 Å². The van der Waals surface area contributed by atoms with Crippen LogP contribution in [0.25, 0.3) is 11.0 Å². The van der Waals surface area contributed by atoms with Gasteiger partial charge in [-0.1, -0.05) is 25.5 Å². The molecule has 0 spiro atoms. The SMILES string of the molecule is C[C@@H]1CCCCC1=NNC(=O)Cn1nc2ccccc2n1. The molecule has 21 heavy (non-hydrogen) atoms. The molecular weight excluding hydrogens is 266 g/mol. The Labute approximate surface area is 123 Å².